The minimum atomic E-state index is -0.0239. The molecule has 0 bridgehead atoms. The standard InChI is InChI=1S/C20H23N3OS/c1-13-7-3-4-9-15(13)16-12-25-20-18(16)19(24)21-17(22-20)11-23-10-6-5-8-14(23)2/h3-4,7,9,12,14H,5-6,8,10-11H2,1-2H3,(H,21,22,24)/t14-/m0/s1. The maximum atomic E-state index is 12.8. The molecule has 1 fully saturated rings. The summed E-state index contributed by atoms with van der Waals surface area (Å²) in [5.41, 5.74) is 3.25. The van der Waals surface area contributed by atoms with Crippen molar-refractivity contribution in [1.29, 1.82) is 0 Å². The Bertz CT molecular complexity index is 959. The summed E-state index contributed by atoms with van der Waals surface area (Å²) in [6.45, 7) is 6.15. The van der Waals surface area contributed by atoms with Crippen LogP contribution in [-0.2, 0) is 6.54 Å². The average molecular weight is 353 g/mol. The molecule has 2 aromatic heterocycles. The zero-order valence-electron chi connectivity index (χ0n) is 14.7. The van der Waals surface area contributed by atoms with E-state index in [9.17, 15) is 4.79 Å². The molecule has 1 atom stereocenters. The van der Waals surface area contributed by atoms with E-state index in [0.29, 0.717) is 6.04 Å². The number of thiophene rings is 1. The van der Waals surface area contributed by atoms with E-state index < -0.39 is 0 Å². The van der Waals surface area contributed by atoms with Gasteiger partial charge in [-0.05, 0) is 44.4 Å². The molecule has 4 nitrogen and oxygen atoms in total. The molecule has 25 heavy (non-hydrogen) atoms. The molecule has 1 aliphatic heterocycles. The van der Waals surface area contributed by atoms with E-state index in [1.165, 1.54) is 24.8 Å². The molecular weight excluding hydrogens is 330 g/mol. The molecule has 0 spiro atoms. The maximum Gasteiger partial charge on any atom is 0.260 e. The topological polar surface area (TPSA) is 49.0 Å². The van der Waals surface area contributed by atoms with Gasteiger partial charge < -0.3 is 4.98 Å². The minimum absolute atomic E-state index is 0.0239. The first-order chi connectivity index (χ1) is 12.1. The van der Waals surface area contributed by atoms with E-state index in [2.05, 4.69) is 41.2 Å². The number of fused-ring (bicyclic) bond motifs is 1. The zero-order valence-corrected chi connectivity index (χ0v) is 15.5. The summed E-state index contributed by atoms with van der Waals surface area (Å²) in [6, 6.07) is 8.74. The predicted octanol–water partition coefficient (Wildman–Crippen LogP) is 4.33. The Morgan fingerprint density at radius 1 is 1.28 bits per heavy atom. The number of hydrogen-bond acceptors (Lipinski definition) is 4. The summed E-state index contributed by atoms with van der Waals surface area (Å²) >= 11 is 1.56. The van der Waals surface area contributed by atoms with Crippen LogP contribution in [0.25, 0.3) is 21.3 Å². The SMILES string of the molecule is Cc1ccccc1-c1csc2nc(CN3CCCC[C@@H]3C)[nH]c(=O)c12. The van der Waals surface area contributed by atoms with E-state index in [0.717, 1.165) is 40.3 Å². The fourth-order valence-electron chi connectivity index (χ4n) is 3.73. The van der Waals surface area contributed by atoms with Gasteiger partial charge in [-0.15, -0.1) is 11.3 Å². The van der Waals surface area contributed by atoms with Crippen LogP contribution in [0.2, 0.25) is 0 Å². The van der Waals surface area contributed by atoms with Crippen LogP contribution in [0.5, 0.6) is 0 Å². The Morgan fingerprint density at radius 3 is 2.92 bits per heavy atom. The Hall–Kier alpha value is -1.98. The van der Waals surface area contributed by atoms with Crippen molar-refractivity contribution in [3.8, 4) is 11.1 Å². The van der Waals surface area contributed by atoms with Gasteiger partial charge in [-0.25, -0.2) is 4.98 Å². The first-order valence-electron chi connectivity index (χ1n) is 8.94. The zero-order chi connectivity index (χ0) is 17.4. The molecule has 3 aromatic rings. The summed E-state index contributed by atoms with van der Waals surface area (Å²) in [4.78, 5) is 23.8. The van der Waals surface area contributed by atoms with Crippen LogP contribution in [0.3, 0.4) is 0 Å². The second-order valence-electron chi connectivity index (χ2n) is 6.97. The Balaban J connectivity index is 1.72. The van der Waals surface area contributed by atoms with Gasteiger partial charge >= 0.3 is 0 Å². The normalized spacial score (nSPS) is 18.7. The van der Waals surface area contributed by atoms with Crippen molar-refractivity contribution in [3.63, 3.8) is 0 Å². The molecule has 1 aromatic carbocycles. The number of H-pyrrole nitrogens is 1. The number of piperidine rings is 1. The molecule has 1 saturated heterocycles. The monoisotopic (exact) mass is 353 g/mol. The summed E-state index contributed by atoms with van der Waals surface area (Å²) in [5.74, 6) is 0.782. The van der Waals surface area contributed by atoms with Gasteiger partial charge in [0.2, 0.25) is 0 Å². The van der Waals surface area contributed by atoms with Crippen LogP contribution in [-0.4, -0.2) is 27.5 Å². The van der Waals surface area contributed by atoms with Gasteiger partial charge in [0.1, 0.15) is 10.7 Å². The van der Waals surface area contributed by atoms with Crippen LogP contribution >= 0.6 is 11.3 Å². The molecule has 130 valence electrons. The van der Waals surface area contributed by atoms with Crippen LogP contribution in [0.1, 0.15) is 37.6 Å². The lowest BCUT2D eigenvalue weighted by molar-refractivity contribution is 0.149. The molecular formula is C20H23N3OS. The fraction of sp³-hybridized carbons (Fsp3) is 0.400. The van der Waals surface area contributed by atoms with Crippen LogP contribution < -0.4 is 5.56 Å². The van der Waals surface area contributed by atoms with Crippen molar-refractivity contribution in [2.24, 2.45) is 0 Å². The molecule has 0 saturated carbocycles. The third kappa shape index (κ3) is 3.14. The molecule has 0 aliphatic carbocycles. The van der Waals surface area contributed by atoms with Gasteiger partial charge in [0.25, 0.3) is 5.56 Å². The number of likely N-dealkylation sites (tertiary alicyclic amines) is 1. The summed E-state index contributed by atoms with van der Waals surface area (Å²) < 4.78 is 0. The molecule has 0 unspecified atom stereocenters. The Labute approximate surface area is 151 Å². The third-order valence-corrected chi connectivity index (χ3v) is 6.09. The number of aromatic nitrogens is 2. The van der Waals surface area contributed by atoms with E-state index in [1.807, 2.05) is 12.1 Å². The highest BCUT2D eigenvalue weighted by Gasteiger charge is 2.20. The van der Waals surface area contributed by atoms with E-state index >= 15 is 0 Å². The van der Waals surface area contributed by atoms with Gasteiger partial charge in [0.15, 0.2) is 0 Å². The van der Waals surface area contributed by atoms with Crippen molar-refractivity contribution < 1.29 is 0 Å². The third-order valence-electron chi connectivity index (χ3n) is 5.22. The van der Waals surface area contributed by atoms with Crippen LogP contribution in [0.15, 0.2) is 34.4 Å². The Kier molecular flexibility index (Phi) is 4.44. The minimum Gasteiger partial charge on any atom is -0.309 e. The highest BCUT2D eigenvalue weighted by Crippen LogP contribution is 2.32. The largest absolute Gasteiger partial charge is 0.309 e. The molecule has 5 heteroatoms. The maximum absolute atomic E-state index is 12.8. The number of rotatable bonds is 3. The van der Waals surface area contributed by atoms with Gasteiger partial charge in [-0.2, -0.15) is 0 Å². The summed E-state index contributed by atoms with van der Waals surface area (Å²) in [6.07, 6.45) is 3.75. The lowest BCUT2D eigenvalue weighted by atomic mass is 10.0. The number of nitrogens with zero attached hydrogens (tertiary/aromatic N) is 2. The molecule has 0 amide bonds. The van der Waals surface area contributed by atoms with Gasteiger partial charge in [0, 0.05) is 17.0 Å². The summed E-state index contributed by atoms with van der Waals surface area (Å²) in [7, 11) is 0. The van der Waals surface area contributed by atoms with Gasteiger partial charge in [-0.1, -0.05) is 30.7 Å². The average Bonchev–Trinajstić information content (AvgIpc) is 3.02. The quantitative estimate of drug-likeness (QED) is 0.762. The molecule has 3 heterocycles. The number of nitrogens with one attached hydrogen (secondary N) is 1. The highest BCUT2D eigenvalue weighted by atomic mass is 32.1. The van der Waals surface area contributed by atoms with Crippen LogP contribution in [0.4, 0.5) is 0 Å². The molecule has 1 N–H and O–H groups in total. The van der Waals surface area contributed by atoms with E-state index in [-0.39, 0.29) is 5.56 Å². The van der Waals surface area contributed by atoms with Crippen LogP contribution in [0, 0.1) is 6.92 Å². The molecule has 4 rings (SSSR count). The highest BCUT2D eigenvalue weighted by molar-refractivity contribution is 7.17. The van der Waals surface area contributed by atoms with Crippen molar-refractivity contribution >= 4 is 21.6 Å². The van der Waals surface area contributed by atoms with E-state index in [1.54, 1.807) is 11.3 Å². The van der Waals surface area contributed by atoms with Crippen molar-refractivity contribution in [3.05, 3.63) is 51.4 Å². The molecule has 0 radical (unpaired) electrons. The van der Waals surface area contributed by atoms with Crippen molar-refractivity contribution in [1.82, 2.24) is 14.9 Å². The predicted molar refractivity (Wildman–Crippen MR) is 104 cm³/mol. The van der Waals surface area contributed by atoms with Crippen molar-refractivity contribution in [2.45, 2.75) is 45.7 Å². The number of benzene rings is 1. The first kappa shape index (κ1) is 16.5. The number of aryl methyl sites for hydroxylation is 1. The lowest BCUT2D eigenvalue weighted by Crippen LogP contribution is -2.37. The second kappa shape index (κ2) is 6.73. The lowest BCUT2D eigenvalue weighted by Gasteiger charge is -2.32. The number of aromatic amines is 1. The number of hydrogen-bond donors (Lipinski definition) is 1. The summed E-state index contributed by atoms with van der Waals surface area (Å²) in [5, 5.41) is 2.78. The van der Waals surface area contributed by atoms with Crippen molar-refractivity contribution in [2.75, 3.05) is 6.54 Å². The second-order valence-corrected chi connectivity index (χ2v) is 7.83. The first-order valence-corrected chi connectivity index (χ1v) is 9.82. The van der Waals surface area contributed by atoms with Gasteiger partial charge in [0.05, 0.1) is 11.9 Å². The van der Waals surface area contributed by atoms with Gasteiger partial charge in [-0.3, -0.25) is 9.69 Å². The van der Waals surface area contributed by atoms with E-state index in [4.69, 9.17) is 4.98 Å². The smallest absolute Gasteiger partial charge is 0.260 e. The molecule has 1 aliphatic rings. The fourth-order valence-corrected chi connectivity index (χ4v) is 4.68. The Morgan fingerprint density at radius 2 is 2.12 bits per heavy atom.